The van der Waals surface area contributed by atoms with Gasteiger partial charge in [-0.2, -0.15) is 0 Å². The summed E-state index contributed by atoms with van der Waals surface area (Å²) in [5.74, 6) is 0.580. The van der Waals surface area contributed by atoms with Gasteiger partial charge < -0.3 is 0 Å². The first-order chi connectivity index (χ1) is 6.90. The molecule has 0 fully saturated rings. The van der Waals surface area contributed by atoms with Crippen LogP contribution in [0.25, 0.3) is 10.7 Å². The molecule has 3 nitrogen and oxygen atoms in total. The Labute approximate surface area is 90.8 Å². The zero-order chi connectivity index (χ0) is 9.80. The molecular weight excluding hydrogens is 218 g/mol. The lowest BCUT2D eigenvalue weighted by atomic mass is 10.4. The second-order valence-corrected chi connectivity index (χ2v) is 4.09. The summed E-state index contributed by atoms with van der Waals surface area (Å²) in [5, 5.41) is 9.89. The molecule has 0 aliphatic heterocycles. The Morgan fingerprint density at radius 2 is 2.21 bits per heavy atom. The summed E-state index contributed by atoms with van der Waals surface area (Å²) >= 11 is 7.16. The van der Waals surface area contributed by atoms with Gasteiger partial charge in [0, 0.05) is 18.5 Å². The number of rotatable bonds is 3. The molecule has 0 amide bonds. The van der Waals surface area contributed by atoms with Gasteiger partial charge in [0.25, 0.3) is 0 Å². The third-order valence-electron chi connectivity index (χ3n) is 1.66. The van der Waals surface area contributed by atoms with E-state index in [1.807, 2.05) is 18.2 Å². The summed E-state index contributed by atoms with van der Waals surface area (Å²) < 4.78 is 0. The van der Waals surface area contributed by atoms with Gasteiger partial charge in [-0.05, 0) is 12.1 Å². The molecule has 0 aromatic carbocycles. The summed E-state index contributed by atoms with van der Waals surface area (Å²) in [4.78, 5) is 4.20. The molecule has 0 saturated heterocycles. The lowest BCUT2D eigenvalue weighted by Gasteiger charge is -1.90. The zero-order valence-electron chi connectivity index (χ0n) is 7.35. The maximum atomic E-state index is 5.61. The Morgan fingerprint density at radius 1 is 1.29 bits per heavy atom. The van der Waals surface area contributed by atoms with Crippen LogP contribution in [0.15, 0.2) is 24.4 Å². The van der Waals surface area contributed by atoms with Gasteiger partial charge in [-0.3, -0.25) is 4.98 Å². The first-order valence-electron chi connectivity index (χ1n) is 4.20. The third kappa shape index (κ3) is 2.08. The molecule has 5 heteroatoms. The number of hydrogen-bond donors (Lipinski definition) is 0. The van der Waals surface area contributed by atoms with E-state index in [0.717, 1.165) is 22.1 Å². The van der Waals surface area contributed by atoms with Crippen molar-refractivity contribution in [3.8, 4) is 10.7 Å². The quantitative estimate of drug-likeness (QED) is 0.753. The monoisotopic (exact) mass is 225 g/mol. The fourth-order valence-corrected chi connectivity index (χ4v) is 2.14. The van der Waals surface area contributed by atoms with Crippen molar-refractivity contribution in [2.75, 3.05) is 5.88 Å². The number of aryl methyl sites for hydroxylation is 1. The predicted molar refractivity (Wildman–Crippen MR) is 57.6 cm³/mol. The SMILES string of the molecule is ClCCc1nnc(-c2ccccn2)s1. The molecule has 2 aromatic rings. The zero-order valence-corrected chi connectivity index (χ0v) is 8.92. The molecule has 0 spiro atoms. The van der Waals surface area contributed by atoms with Crippen molar-refractivity contribution in [3.05, 3.63) is 29.4 Å². The molecular formula is C9H8ClN3S. The van der Waals surface area contributed by atoms with Crippen molar-refractivity contribution >= 4 is 22.9 Å². The van der Waals surface area contributed by atoms with Gasteiger partial charge in [0.05, 0.1) is 0 Å². The van der Waals surface area contributed by atoms with Gasteiger partial charge in [0.1, 0.15) is 10.7 Å². The molecule has 0 radical (unpaired) electrons. The number of alkyl halides is 1. The van der Waals surface area contributed by atoms with Crippen LogP contribution >= 0.6 is 22.9 Å². The van der Waals surface area contributed by atoms with E-state index in [9.17, 15) is 0 Å². The van der Waals surface area contributed by atoms with Crippen LogP contribution in [-0.4, -0.2) is 21.1 Å². The normalized spacial score (nSPS) is 10.4. The second-order valence-electron chi connectivity index (χ2n) is 2.65. The summed E-state index contributed by atoms with van der Waals surface area (Å²) in [6.45, 7) is 0. The topological polar surface area (TPSA) is 38.7 Å². The lowest BCUT2D eigenvalue weighted by Crippen LogP contribution is -1.83. The third-order valence-corrected chi connectivity index (χ3v) is 2.85. The van der Waals surface area contributed by atoms with E-state index in [-0.39, 0.29) is 0 Å². The maximum Gasteiger partial charge on any atom is 0.166 e. The number of aromatic nitrogens is 3. The molecule has 0 unspecified atom stereocenters. The highest BCUT2D eigenvalue weighted by atomic mass is 35.5. The number of pyridine rings is 1. The van der Waals surface area contributed by atoms with Crippen molar-refractivity contribution < 1.29 is 0 Å². The Balaban J connectivity index is 2.25. The lowest BCUT2D eigenvalue weighted by molar-refractivity contribution is 0.987. The molecule has 72 valence electrons. The highest BCUT2D eigenvalue weighted by Gasteiger charge is 2.06. The summed E-state index contributed by atoms with van der Waals surface area (Å²) in [6, 6.07) is 5.74. The Bertz CT molecular complexity index is 401. The van der Waals surface area contributed by atoms with Crippen LogP contribution < -0.4 is 0 Å². The van der Waals surface area contributed by atoms with Crippen molar-refractivity contribution in [1.82, 2.24) is 15.2 Å². The van der Waals surface area contributed by atoms with Crippen LogP contribution in [0.1, 0.15) is 5.01 Å². The van der Waals surface area contributed by atoms with Gasteiger partial charge in [0.15, 0.2) is 5.01 Å². The van der Waals surface area contributed by atoms with E-state index in [4.69, 9.17) is 11.6 Å². The van der Waals surface area contributed by atoms with E-state index >= 15 is 0 Å². The van der Waals surface area contributed by atoms with Crippen LogP contribution in [0.2, 0.25) is 0 Å². The molecule has 2 rings (SSSR count). The van der Waals surface area contributed by atoms with Crippen LogP contribution in [0, 0.1) is 0 Å². The standard InChI is InChI=1S/C9H8ClN3S/c10-5-4-8-12-13-9(14-8)7-3-1-2-6-11-7/h1-3,6H,4-5H2. The van der Waals surface area contributed by atoms with Crippen molar-refractivity contribution in [2.45, 2.75) is 6.42 Å². The molecule has 2 heterocycles. The van der Waals surface area contributed by atoms with Gasteiger partial charge in [-0.1, -0.05) is 17.4 Å². The van der Waals surface area contributed by atoms with Crippen molar-refractivity contribution in [3.63, 3.8) is 0 Å². The fraction of sp³-hybridized carbons (Fsp3) is 0.222. The average Bonchev–Trinajstić information content (AvgIpc) is 2.68. The van der Waals surface area contributed by atoms with Crippen LogP contribution in [0.3, 0.4) is 0 Å². The minimum Gasteiger partial charge on any atom is -0.254 e. The molecule has 2 aromatic heterocycles. The minimum absolute atomic E-state index is 0.580. The van der Waals surface area contributed by atoms with Crippen LogP contribution in [0.4, 0.5) is 0 Å². The molecule has 0 aliphatic carbocycles. The van der Waals surface area contributed by atoms with E-state index in [1.54, 1.807) is 17.5 Å². The largest absolute Gasteiger partial charge is 0.254 e. The van der Waals surface area contributed by atoms with E-state index in [2.05, 4.69) is 15.2 Å². The maximum absolute atomic E-state index is 5.61. The number of hydrogen-bond acceptors (Lipinski definition) is 4. The van der Waals surface area contributed by atoms with E-state index in [1.165, 1.54) is 0 Å². The molecule has 0 N–H and O–H groups in total. The van der Waals surface area contributed by atoms with Crippen molar-refractivity contribution in [2.24, 2.45) is 0 Å². The fourth-order valence-electron chi connectivity index (χ4n) is 1.03. The Hall–Kier alpha value is -1.00. The highest BCUT2D eigenvalue weighted by molar-refractivity contribution is 7.14. The molecule has 0 bridgehead atoms. The highest BCUT2D eigenvalue weighted by Crippen LogP contribution is 2.21. The molecule has 0 saturated carbocycles. The number of nitrogens with zero attached hydrogens (tertiary/aromatic N) is 3. The Morgan fingerprint density at radius 3 is 2.93 bits per heavy atom. The molecule has 0 aliphatic rings. The summed E-state index contributed by atoms with van der Waals surface area (Å²) in [7, 11) is 0. The van der Waals surface area contributed by atoms with Crippen LogP contribution in [-0.2, 0) is 6.42 Å². The Kier molecular flexibility index (Phi) is 3.06. The smallest absolute Gasteiger partial charge is 0.166 e. The van der Waals surface area contributed by atoms with Gasteiger partial charge in [-0.15, -0.1) is 21.8 Å². The van der Waals surface area contributed by atoms with E-state index in [0.29, 0.717) is 5.88 Å². The van der Waals surface area contributed by atoms with Gasteiger partial charge in [0.2, 0.25) is 0 Å². The minimum atomic E-state index is 0.580. The molecule has 14 heavy (non-hydrogen) atoms. The molecule has 0 atom stereocenters. The average molecular weight is 226 g/mol. The summed E-state index contributed by atoms with van der Waals surface area (Å²) in [6.07, 6.45) is 2.52. The predicted octanol–water partition coefficient (Wildman–Crippen LogP) is 2.38. The first-order valence-corrected chi connectivity index (χ1v) is 5.55. The van der Waals surface area contributed by atoms with Crippen molar-refractivity contribution in [1.29, 1.82) is 0 Å². The summed E-state index contributed by atoms with van der Waals surface area (Å²) in [5.41, 5.74) is 0.867. The van der Waals surface area contributed by atoms with Gasteiger partial charge >= 0.3 is 0 Å². The van der Waals surface area contributed by atoms with Gasteiger partial charge in [-0.25, -0.2) is 0 Å². The van der Waals surface area contributed by atoms with E-state index < -0.39 is 0 Å². The second kappa shape index (κ2) is 4.48. The van der Waals surface area contributed by atoms with Crippen LogP contribution in [0.5, 0.6) is 0 Å². The first kappa shape index (κ1) is 9.55. The number of halogens is 1.